The summed E-state index contributed by atoms with van der Waals surface area (Å²) in [5, 5.41) is 4.80. The van der Waals surface area contributed by atoms with Gasteiger partial charge in [0.2, 0.25) is 11.8 Å². The first-order chi connectivity index (χ1) is 11.1. The molecule has 2 heterocycles. The zero-order chi connectivity index (χ0) is 16.4. The van der Waals surface area contributed by atoms with Gasteiger partial charge in [-0.15, -0.1) is 11.3 Å². The molecule has 2 aromatic rings. The Morgan fingerprint density at radius 3 is 2.74 bits per heavy atom. The third-order valence-corrected chi connectivity index (χ3v) is 5.08. The molecule has 23 heavy (non-hydrogen) atoms. The first kappa shape index (κ1) is 15.7. The van der Waals surface area contributed by atoms with Crippen molar-refractivity contribution in [3.05, 3.63) is 58.0 Å². The number of hydrogen-bond acceptors (Lipinski definition) is 3. The summed E-state index contributed by atoms with van der Waals surface area (Å²) in [5.74, 6) is -0.872. The van der Waals surface area contributed by atoms with E-state index >= 15 is 0 Å². The monoisotopic (exact) mass is 332 g/mol. The normalized spacial score (nSPS) is 20.8. The number of carbonyl (C=O) groups is 2. The summed E-state index contributed by atoms with van der Waals surface area (Å²) in [7, 11) is 1.74. The number of amides is 2. The molecule has 1 N–H and O–H groups in total. The Bertz CT molecular complexity index is 700. The van der Waals surface area contributed by atoms with E-state index in [4.69, 9.17) is 0 Å². The van der Waals surface area contributed by atoms with Crippen LogP contribution >= 0.6 is 11.3 Å². The van der Waals surface area contributed by atoms with Crippen LogP contribution in [0.25, 0.3) is 0 Å². The molecule has 0 saturated carbocycles. The van der Waals surface area contributed by atoms with Crippen molar-refractivity contribution < 1.29 is 14.0 Å². The van der Waals surface area contributed by atoms with Gasteiger partial charge in [0.25, 0.3) is 0 Å². The average molecular weight is 332 g/mol. The van der Waals surface area contributed by atoms with Gasteiger partial charge in [-0.1, -0.05) is 18.2 Å². The summed E-state index contributed by atoms with van der Waals surface area (Å²) in [4.78, 5) is 27.2. The Morgan fingerprint density at radius 1 is 1.35 bits per heavy atom. The Morgan fingerprint density at radius 2 is 2.09 bits per heavy atom. The fourth-order valence-electron chi connectivity index (χ4n) is 2.88. The van der Waals surface area contributed by atoms with Gasteiger partial charge in [-0.2, -0.15) is 0 Å². The SMILES string of the molecule is CN1C(=O)CC(C(=O)NCc2ccc(F)cc2)C1c1cccs1. The molecule has 120 valence electrons. The van der Waals surface area contributed by atoms with Gasteiger partial charge in [0.15, 0.2) is 0 Å². The Hall–Kier alpha value is -2.21. The van der Waals surface area contributed by atoms with E-state index in [2.05, 4.69) is 5.32 Å². The van der Waals surface area contributed by atoms with Crippen LogP contribution in [-0.2, 0) is 16.1 Å². The summed E-state index contributed by atoms with van der Waals surface area (Å²) in [5.41, 5.74) is 0.824. The number of nitrogens with zero attached hydrogens (tertiary/aromatic N) is 1. The molecule has 0 aliphatic carbocycles. The molecule has 1 saturated heterocycles. The standard InChI is InChI=1S/C17H17FN2O2S/c1-20-15(21)9-13(16(20)14-3-2-8-23-14)17(22)19-10-11-4-6-12(18)7-5-11/h2-8,13,16H,9-10H2,1H3,(H,19,22). The average Bonchev–Trinajstić information content (AvgIpc) is 3.15. The van der Waals surface area contributed by atoms with Crippen LogP contribution in [0.15, 0.2) is 41.8 Å². The lowest BCUT2D eigenvalue weighted by Crippen LogP contribution is -2.33. The van der Waals surface area contributed by atoms with Crippen molar-refractivity contribution in [1.82, 2.24) is 10.2 Å². The Labute approximate surface area is 137 Å². The van der Waals surface area contributed by atoms with Crippen molar-refractivity contribution in [2.75, 3.05) is 7.05 Å². The van der Waals surface area contributed by atoms with Crippen molar-refractivity contribution in [3.8, 4) is 0 Å². The van der Waals surface area contributed by atoms with Crippen molar-refractivity contribution in [3.63, 3.8) is 0 Å². The van der Waals surface area contributed by atoms with Gasteiger partial charge in [-0.05, 0) is 29.1 Å². The maximum absolute atomic E-state index is 12.9. The van der Waals surface area contributed by atoms with Gasteiger partial charge in [0.1, 0.15) is 5.82 Å². The second kappa shape index (κ2) is 6.50. The molecule has 2 atom stereocenters. The minimum absolute atomic E-state index is 0.0228. The molecule has 1 aliphatic heterocycles. The summed E-state index contributed by atoms with van der Waals surface area (Å²) in [6.45, 7) is 0.324. The molecule has 3 rings (SSSR count). The largest absolute Gasteiger partial charge is 0.352 e. The quantitative estimate of drug-likeness (QED) is 0.936. The van der Waals surface area contributed by atoms with Crippen LogP contribution in [0.5, 0.6) is 0 Å². The van der Waals surface area contributed by atoms with Crippen molar-refractivity contribution in [1.29, 1.82) is 0 Å². The van der Waals surface area contributed by atoms with Gasteiger partial charge in [0.05, 0.1) is 12.0 Å². The molecule has 1 fully saturated rings. The van der Waals surface area contributed by atoms with Crippen LogP contribution in [0, 0.1) is 11.7 Å². The van der Waals surface area contributed by atoms with Crippen LogP contribution in [0.4, 0.5) is 4.39 Å². The molecule has 2 amide bonds. The third-order valence-electron chi connectivity index (χ3n) is 4.14. The van der Waals surface area contributed by atoms with Gasteiger partial charge >= 0.3 is 0 Å². The van der Waals surface area contributed by atoms with Crippen LogP contribution < -0.4 is 5.32 Å². The predicted octanol–water partition coefficient (Wildman–Crippen LogP) is 2.72. The molecule has 1 aliphatic rings. The summed E-state index contributed by atoms with van der Waals surface area (Å²) < 4.78 is 12.9. The fraction of sp³-hybridized carbons (Fsp3) is 0.294. The lowest BCUT2D eigenvalue weighted by Gasteiger charge is -2.23. The maximum Gasteiger partial charge on any atom is 0.226 e. The van der Waals surface area contributed by atoms with Crippen LogP contribution in [0.2, 0.25) is 0 Å². The van der Waals surface area contributed by atoms with Crippen LogP contribution in [-0.4, -0.2) is 23.8 Å². The number of halogens is 1. The zero-order valence-electron chi connectivity index (χ0n) is 12.7. The smallest absolute Gasteiger partial charge is 0.226 e. The summed E-state index contributed by atoms with van der Waals surface area (Å²) in [6.07, 6.45) is 0.217. The lowest BCUT2D eigenvalue weighted by atomic mass is 9.98. The summed E-state index contributed by atoms with van der Waals surface area (Å²) in [6, 6.07) is 9.66. The molecule has 2 unspecified atom stereocenters. The fourth-order valence-corrected chi connectivity index (χ4v) is 3.81. The molecular weight excluding hydrogens is 315 g/mol. The summed E-state index contributed by atoms with van der Waals surface area (Å²) >= 11 is 1.55. The highest BCUT2D eigenvalue weighted by Gasteiger charge is 2.43. The second-order valence-corrected chi connectivity index (χ2v) is 6.60. The minimum Gasteiger partial charge on any atom is -0.352 e. The van der Waals surface area contributed by atoms with E-state index in [9.17, 15) is 14.0 Å². The van der Waals surface area contributed by atoms with E-state index in [1.807, 2.05) is 17.5 Å². The number of nitrogens with one attached hydrogen (secondary N) is 1. The first-order valence-corrected chi connectivity index (χ1v) is 8.25. The van der Waals surface area contributed by atoms with Crippen molar-refractivity contribution >= 4 is 23.2 Å². The van der Waals surface area contributed by atoms with Crippen molar-refractivity contribution in [2.45, 2.75) is 19.0 Å². The first-order valence-electron chi connectivity index (χ1n) is 7.37. The second-order valence-electron chi connectivity index (χ2n) is 5.62. The van der Waals surface area contributed by atoms with E-state index in [1.54, 1.807) is 35.4 Å². The van der Waals surface area contributed by atoms with E-state index in [0.717, 1.165) is 10.4 Å². The van der Waals surface area contributed by atoms with E-state index < -0.39 is 5.92 Å². The maximum atomic E-state index is 12.9. The van der Waals surface area contributed by atoms with E-state index in [-0.39, 0.29) is 30.1 Å². The lowest BCUT2D eigenvalue weighted by molar-refractivity contribution is -0.128. The molecular formula is C17H17FN2O2S. The van der Waals surface area contributed by atoms with E-state index in [0.29, 0.717) is 6.54 Å². The Balaban J connectivity index is 1.70. The minimum atomic E-state index is -0.397. The number of benzene rings is 1. The molecule has 0 spiro atoms. The highest BCUT2D eigenvalue weighted by Crippen LogP contribution is 2.39. The van der Waals surface area contributed by atoms with Crippen molar-refractivity contribution in [2.24, 2.45) is 5.92 Å². The zero-order valence-corrected chi connectivity index (χ0v) is 13.5. The molecule has 6 heteroatoms. The van der Waals surface area contributed by atoms with Crippen LogP contribution in [0.3, 0.4) is 0 Å². The van der Waals surface area contributed by atoms with Gasteiger partial charge in [0, 0.05) is 24.9 Å². The number of hydrogen-bond donors (Lipinski definition) is 1. The topological polar surface area (TPSA) is 49.4 Å². The number of rotatable bonds is 4. The van der Waals surface area contributed by atoms with Crippen LogP contribution in [0.1, 0.15) is 22.9 Å². The van der Waals surface area contributed by atoms with Gasteiger partial charge in [-0.3, -0.25) is 9.59 Å². The molecule has 1 aromatic heterocycles. The molecule has 1 aromatic carbocycles. The highest BCUT2D eigenvalue weighted by atomic mass is 32.1. The van der Waals surface area contributed by atoms with Gasteiger partial charge in [-0.25, -0.2) is 4.39 Å². The Kier molecular flexibility index (Phi) is 4.43. The molecule has 4 nitrogen and oxygen atoms in total. The number of likely N-dealkylation sites (tertiary alicyclic amines) is 1. The van der Waals surface area contributed by atoms with E-state index in [1.165, 1.54) is 12.1 Å². The molecule has 0 radical (unpaired) electrons. The van der Waals surface area contributed by atoms with Gasteiger partial charge < -0.3 is 10.2 Å². The third kappa shape index (κ3) is 3.27. The highest BCUT2D eigenvalue weighted by molar-refractivity contribution is 7.10. The predicted molar refractivity (Wildman–Crippen MR) is 86.2 cm³/mol. The molecule has 0 bridgehead atoms. The number of carbonyl (C=O) groups excluding carboxylic acids is 2. The number of thiophene rings is 1.